The molecule has 1 amide bonds. The van der Waals surface area contributed by atoms with E-state index >= 15 is 0 Å². The molecule has 2 saturated heterocycles. The third-order valence-electron chi connectivity index (χ3n) is 16.1. The summed E-state index contributed by atoms with van der Waals surface area (Å²) in [6, 6.07) is -0.950. The predicted octanol–water partition coefficient (Wildman–Crippen LogP) is 13.1. The molecule has 14 nitrogen and oxygen atoms in total. The Balaban J connectivity index is 1.74. The third kappa shape index (κ3) is 38.4. The van der Waals surface area contributed by atoms with Crippen molar-refractivity contribution < 1.29 is 64.6 Å². The number of allylic oxidation sites excluding steroid dienone is 11. The van der Waals surface area contributed by atoms with Crippen LogP contribution in [0.5, 0.6) is 0 Å². The van der Waals surface area contributed by atoms with Gasteiger partial charge in [-0.1, -0.05) is 247 Å². The van der Waals surface area contributed by atoms with Gasteiger partial charge in [-0.2, -0.15) is 0 Å². The second kappa shape index (κ2) is 53.7. The minimum atomic E-state index is -1.80. The zero-order chi connectivity index (χ0) is 60.2. The average Bonchev–Trinajstić information content (AvgIpc) is 3.59. The summed E-state index contributed by atoms with van der Waals surface area (Å²) in [5, 5.41) is 87.3. The Morgan fingerprint density at radius 2 is 0.807 bits per heavy atom. The van der Waals surface area contributed by atoms with Crippen LogP contribution in [0.2, 0.25) is 0 Å². The van der Waals surface area contributed by atoms with Crippen LogP contribution in [-0.4, -0.2) is 140 Å². The third-order valence-corrected chi connectivity index (χ3v) is 16.1. The molecular weight excluding hydrogens is 1050 g/mol. The van der Waals surface area contributed by atoms with E-state index in [1.54, 1.807) is 6.08 Å². The summed E-state index contributed by atoms with van der Waals surface area (Å²) >= 11 is 0. The lowest BCUT2D eigenvalue weighted by Gasteiger charge is -2.46. The second-order valence-electron chi connectivity index (χ2n) is 23.6. The highest BCUT2D eigenvalue weighted by Gasteiger charge is 2.51. The Bertz CT molecular complexity index is 1670. The van der Waals surface area contributed by atoms with Gasteiger partial charge in [-0.3, -0.25) is 4.79 Å². The maximum absolute atomic E-state index is 13.3. The number of amides is 1. The SMILES string of the molecule is CCCCCCC/C=C\C/C=C\C/C=C\CCCCCCCCC(=O)NC(COC1OC(CO)C(OC2OC(CO)C(O)C(O)C2O)C(O)C1O)C(O)/C=C/CC/C=C/CC/C=C/CCCCCCCCCCCCCCCCCCCC. The van der Waals surface area contributed by atoms with Crippen molar-refractivity contribution in [2.24, 2.45) is 0 Å². The second-order valence-corrected chi connectivity index (χ2v) is 23.6. The van der Waals surface area contributed by atoms with Crippen molar-refractivity contribution in [1.29, 1.82) is 0 Å². The predicted molar refractivity (Wildman–Crippen MR) is 337 cm³/mol. The van der Waals surface area contributed by atoms with Crippen LogP contribution in [0.25, 0.3) is 0 Å². The molecule has 12 atom stereocenters. The maximum Gasteiger partial charge on any atom is 0.220 e. The van der Waals surface area contributed by atoms with Gasteiger partial charge >= 0.3 is 0 Å². The fourth-order valence-electron chi connectivity index (χ4n) is 10.7. The molecule has 2 aliphatic rings. The lowest BCUT2D eigenvalue weighted by Crippen LogP contribution is -2.65. The van der Waals surface area contributed by atoms with Crippen molar-refractivity contribution in [2.45, 2.75) is 338 Å². The highest BCUT2D eigenvalue weighted by molar-refractivity contribution is 5.76. The van der Waals surface area contributed by atoms with Gasteiger partial charge < -0.3 is 65.1 Å². The molecule has 0 aromatic rings. The Kier molecular flexibility index (Phi) is 49.5. The van der Waals surface area contributed by atoms with Gasteiger partial charge in [-0.05, 0) is 83.5 Å². The summed E-state index contributed by atoms with van der Waals surface area (Å²) in [7, 11) is 0. The molecule has 2 fully saturated rings. The number of hydrogen-bond donors (Lipinski definition) is 9. The molecule has 0 saturated carbocycles. The number of nitrogens with one attached hydrogen (secondary N) is 1. The van der Waals surface area contributed by atoms with Crippen LogP contribution in [0.3, 0.4) is 0 Å². The first-order valence-corrected chi connectivity index (χ1v) is 33.7. The molecule has 482 valence electrons. The normalized spacial score (nSPS) is 24.3. The number of aliphatic hydroxyl groups is 8. The molecule has 0 bridgehead atoms. The minimum Gasteiger partial charge on any atom is -0.394 e. The molecule has 0 aliphatic carbocycles. The summed E-state index contributed by atoms with van der Waals surface area (Å²) in [5.74, 6) is -0.266. The Labute approximate surface area is 504 Å². The lowest BCUT2D eigenvalue weighted by molar-refractivity contribution is -0.359. The van der Waals surface area contributed by atoms with Crippen molar-refractivity contribution in [2.75, 3.05) is 19.8 Å². The molecule has 2 aliphatic heterocycles. The first-order chi connectivity index (χ1) is 40.6. The highest BCUT2D eigenvalue weighted by atomic mass is 16.7. The maximum atomic E-state index is 13.3. The molecule has 0 spiro atoms. The average molecular weight is 1170 g/mol. The fraction of sp³-hybridized carbons (Fsp3) is 0.812. The van der Waals surface area contributed by atoms with Gasteiger partial charge in [-0.15, -0.1) is 0 Å². The lowest BCUT2D eigenvalue weighted by atomic mass is 9.97. The van der Waals surface area contributed by atoms with Crippen LogP contribution in [0.4, 0.5) is 0 Å². The number of aliphatic hydroxyl groups excluding tert-OH is 8. The van der Waals surface area contributed by atoms with Crippen LogP contribution in [0.1, 0.15) is 264 Å². The minimum absolute atomic E-state index is 0.252. The van der Waals surface area contributed by atoms with Crippen molar-refractivity contribution in [3.63, 3.8) is 0 Å². The van der Waals surface area contributed by atoms with E-state index in [4.69, 9.17) is 18.9 Å². The van der Waals surface area contributed by atoms with E-state index < -0.39 is 86.8 Å². The van der Waals surface area contributed by atoms with Crippen molar-refractivity contribution >= 4 is 5.91 Å². The molecule has 0 aromatic carbocycles. The van der Waals surface area contributed by atoms with Gasteiger partial charge in [0.25, 0.3) is 0 Å². The Hall–Kier alpha value is -2.57. The zero-order valence-corrected chi connectivity index (χ0v) is 52.2. The standard InChI is InChI=1S/C69H123NO13/c1-3-5-7-9-11-13-15-17-19-21-23-25-26-27-28-29-30-31-33-34-36-38-40-42-44-46-48-50-52-58(73)57(56-80-68-66(79)64(77)67(60(55-72)82-68)83-69-65(78)63(76)62(75)59(54-71)81-69)70-61(74)53-51-49-47-45-43-41-39-37-35-32-24-22-20-18-16-14-12-10-8-6-4-2/h16,18,22,24,34-37,42,44,50,52,57-60,62-69,71-73,75-79H,3-15,17,19-21,23,25-33,38-41,43,45-49,51,53-56H2,1-2H3,(H,70,74)/b18-16-,24-22-,36-34+,37-35-,44-42+,52-50+. The summed E-state index contributed by atoms with van der Waals surface area (Å²) < 4.78 is 22.8. The first kappa shape index (κ1) is 76.5. The molecule has 83 heavy (non-hydrogen) atoms. The topological polar surface area (TPSA) is 228 Å². The van der Waals surface area contributed by atoms with Crippen LogP contribution >= 0.6 is 0 Å². The van der Waals surface area contributed by atoms with Gasteiger partial charge in [0, 0.05) is 6.42 Å². The summed E-state index contributed by atoms with van der Waals surface area (Å²) in [6.07, 6.45) is 55.2. The fourth-order valence-corrected chi connectivity index (χ4v) is 10.7. The van der Waals surface area contributed by atoms with E-state index in [0.29, 0.717) is 12.8 Å². The van der Waals surface area contributed by atoms with Crippen molar-refractivity contribution in [3.05, 3.63) is 72.9 Å². The molecule has 12 unspecified atom stereocenters. The Morgan fingerprint density at radius 1 is 0.434 bits per heavy atom. The monoisotopic (exact) mass is 1170 g/mol. The number of carbonyl (C=O) groups excluding carboxylic acids is 1. The summed E-state index contributed by atoms with van der Waals surface area (Å²) in [4.78, 5) is 13.3. The van der Waals surface area contributed by atoms with Crippen LogP contribution in [0.15, 0.2) is 72.9 Å². The zero-order valence-electron chi connectivity index (χ0n) is 52.2. The van der Waals surface area contributed by atoms with E-state index in [-0.39, 0.29) is 18.9 Å². The van der Waals surface area contributed by atoms with Crippen LogP contribution in [0, 0.1) is 0 Å². The van der Waals surface area contributed by atoms with Crippen molar-refractivity contribution in [1.82, 2.24) is 5.32 Å². The molecule has 2 rings (SSSR count). The smallest absolute Gasteiger partial charge is 0.220 e. The number of carbonyl (C=O) groups is 1. The molecule has 2 heterocycles. The first-order valence-electron chi connectivity index (χ1n) is 33.7. The number of rotatable bonds is 54. The largest absolute Gasteiger partial charge is 0.394 e. The van der Waals surface area contributed by atoms with Gasteiger partial charge in [0.1, 0.15) is 48.8 Å². The van der Waals surface area contributed by atoms with E-state index in [1.807, 2.05) is 6.08 Å². The van der Waals surface area contributed by atoms with E-state index in [2.05, 4.69) is 79.9 Å². The van der Waals surface area contributed by atoms with Gasteiger partial charge in [-0.25, -0.2) is 0 Å². The molecule has 14 heteroatoms. The molecular formula is C69H123NO13. The van der Waals surface area contributed by atoms with Gasteiger partial charge in [0.05, 0.1) is 32.0 Å². The van der Waals surface area contributed by atoms with Crippen molar-refractivity contribution in [3.8, 4) is 0 Å². The summed E-state index contributed by atoms with van der Waals surface area (Å²) in [6.45, 7) is 2.77. The molecule has 0 radical (unpaired) electrons. The molecule has 9 N–H and O–H groups in total. The summed E-state index contributed by atoms with van der Waals surface area (Å²) in [5.41, 5.74) is 0. The molecule has 0 aromatic heterocycles. The quantitative estimate of drug-likeness (QED) is 0.0204. The number of unbranched alkanes of at least 4 members (excludes halogenated alkanes) is 31. The number of ether oxygens (including phenoxy) is 4. The number of hydrogen-bond acceptors (Lipinski definition) is 13. The van der Waals surface area contributed by atoms with E-state index in [9.17, 15) is 45.6 Å². The van der Waals surface area contributed by atoms with Crippen LogP contribution < -0.4 is 5.32 Å². The van der Waals surface area contributed by atoms with Crippen LogP contribution in [-0.2, 0) is 23.7 Å². The Morgan fingerprint density at radius 3 is 1.27 bits per heavy atom. The van der Waals surface area contributed by atoms with Gasteiger partial charge in [0.2, 0.25) is 5.91 Å². The highest BCUT2D eigenvalue weighted by Crippen LogP contribution is 2.30. The van der Waals surface area contributed by atoms with E-state index in [0.717, 1.165) is 77.0 Å². The van der Waals surface area contributed by atoms with E-state index in [1.165, 1.54) is 154 Å². The van der Waals surface area contributed by atoms with Gasteiger partial charge in [0.15, 0.2) is 12.6 Å².